The fourth-order valence-corrected chi connectivity index (χ4v) is 3.38. The minimum atomic E-state index is 0.821. The van der Waals surface area contributed by atoms with Crippen LogP contribution in [0.4, 0.5) is 0 Å². The molecule has 0 saturated heterocycles. The lowest BCUT2D eigenvalue weighted by atomic mass is 10.2. The van der Waals surface area contributed by atoms with Crippen LogP contribution in [0, 0.1) is 0 Å². The van der Waals surface area contributed by atoms with Gasteiger partial charge in [0, 0.05) is 5.38 Å². The SMILES string of the molecule is CNCCCc1csc(-c2ccc(Cl)s2)n1. The van der Waals surface area contributed by atoms with Gasteiger partial charge in [-0.25, -0.2) is 4.98 Å². The molecule has 0 radical (unpaired) electrons. The number of nitrogens with one attached hydrogen (secondary N) is 1. The summed E-state index contributed by atoms with van der Waals surface area (Å²) in [7, 11) is 1.97. The second-order valence-corrected chi connectivity index (χ2v) is 6.03. The van der Waals surface area contributed by atoms with E-state index in [0.717, 1.165) is 33.6 Å². The van der Waals surface area contributed by atoms with E-state index in [2.05, 4.69) is 15.7 Å². The molecule has 0 atom stereocenters. The van der Waals surface area contributed by atoms with E-state index in [1.807, 2.05) is 19.2 Å². The molecule has 0 bridgehead atoms. The molecule has 0 aromatic carbocycles. The van der Waals surface area contributed by atoms with Gasteiger partial charge < -0.3 is 5.32 Å². The first-order valence-corrected chi connectivity index (χ1v) is 7.21. The van der Waals surface area contributed by atoms with E-state index in [9.17, 15) is 0 Å². The Morgan fingerprint density at radius 1 is 1.44 bits per heavy atom. The van der Waals surface area contributed by atoms with Crippen molar-refractivity contribution in [2.75, 3.05) is 13.6 Å². The molecule has 5 heteroatoms. The van der Waals surface area contributed by atoms with Gasteiger partial charge in [-0.1, -0.05) is 11.6 Å². The van der Waals surface area contributed by atoms with E-state index in [-0.39, 0.29) is 0 Å². The van der Waals surface area contributed by atoms with Gasteiger partial charge in [-0.15, -0.1) is 22.7 Å². The van der Waals surface area contributed by atoms with Gasteiger partial charge in [0.25, 0.3) is 0 Å². The van der Waals surface area contributed by atoms with Crippen molar-refractivity contribution in [3.8, 4) is 9.88 Å². The molecular weight excluding hydrogens is 260 g/mol. The third kappa shape index (κ3) is 3.04. The fraction of sp³-hybridized carbons (Fsp3) is 0.364. The van der Waals surface area contributed by atoms with Gasteiger partial charge >= 0.3 is 0 Å². The predicted molar refractivity (Wildman–Crippen MR) is 72.7 cm³/mol. The Balaban J connectivity index is 2.02. The van der Waals surface area contributed by atoms with E-state index < -0.39 is 0 Å². The third-order valence-corrected chi connectivity index (χ3v) is 4.49. The molecule has 2 rings (SSSR count). The zero-order valence-corrected chi connectivity index (χ0v) is 11.4. The standard InChI is InChI=1S/C11H13ClN2S2/c1-13-6-2-3-8-7-15-11(14-8)9-4-5-10(12)16-9/h4-5,7,13H,2-3,6H2,1H3. The second kappa shape index (κ2) is 5.77. The van der Waals surface area contributed by atoms with E-state index in [0.29, 0.717) is 0 Å². The zero-order chi connectivity index (χ0) is 11.4. The van der Waals surface area contributed by atoms with Crippen molar-refractivity contribution < 1.29 is 0 Å². The number of aromatic nitrogens is 1. The largest absolute Gasteiger partial charge is 0.320 e. The summed E-state index contributed by atoms with van der Waals surface area (Å²) in [6.07, 6.45) is 2.17. The number of hydrogen-bond acceptors (Lipinski definition) is 4. The Bertz CT molecular complexity index is 450. The van der Waals surface area contributed by atoms with Gasteiger partial charge in [-0.2, -0.15) is 0 Å². The van der Waals surface area contributed by atoms with E-state index >= 15 is 0 Å². The number of halogens is 1. The Kier molecular flexibility index (Phi) is 4.35. The number of thiophene rings is 1. The Morgan fingerprint density at radius 2 is 2.31 bits per heavy atom. The van der Waals surface area contributed by atoms with Crippen LogP contribution in [0.2, 0.25) is 4.34 Å². The summed E-state index contributed by atoms with van der Waals surface area (Å²) < 4.78 is 0.821. The Labute approximate surface area is 108 Å². The van der Waals surface area contributed by atoms with Gasteiger partial charge in [0.2, 0.25) is 0 Å². The normalized spacial score (nSPS) is 10.9. The molecule has 2 nitrogen and oxygen atoms in total. The van der Waals surface area contributed by atoms with Crippen LogP contribution in [0.3, 0.4) is 0 Å². The number of aryl methyl sites for hydroxylation is 1. The highest BCUT2D eigenvalue weighted by Crippen LogP contribution is 2.32. The molecule has 86 valence electrons. The summed E-state index contributed by atoms with van der Waals surface area (Å²) in [5.74, 6) is 0. The lowest BCUT2D eigenvalue weighted by Crippen LogP contribution is -2.08. The quantitative estimate of drug-likeness (QED) is 0.840. The van der Waals surface area contributed by atoms with Gasteiger partial charge in [0.15, 0.2) is 0 Å². The lowest BCUT2D eigenvalue weighted by Gasteiger charge is -1.95. The highest BCUT2D eigenvalue weighted by atomic mass is 35.5. The van der Waals surface area contributed by atoms with Crippen LogP contribution in [-0.2, 0) is 6.42 Å². The molecule has 0 unspecified atom stereocenters. The molecule has 0 amide bonds. The van der Waals surface area contributed by atoms with Crippen molar-refractivity contribution in [1.82, 2.24) is 10.3 Å². The molecule has 2 aromatic heterocycles. The van der Waals surface area contributed by atoms with Crippen LogP contribution in [0.1, 0.15) is 12.1 Å². The Hall–Kier alpha value is -0.420. The molecule has 0 aliphatic carbocycles. The molecule has 0 fully saturated rings. The van der Waals surface area contributed by atoms with E-state index in [1.165, 1.54) is 5.69 Å². The molecule has 0 saturated carbocycles. The van der Waals surface area contributed by atoms with Crippen LogP contribution in [0.5, 0.6) is 0 Å². The first kappa shape index (κ1) is 12.0. The highest BCUT2D eigenvalue weighted by Gasteiger charge is 2.06. The van der Waals surface area contributed by atoms with Crippen molar-refractivity contribution >= 4 is 34.3 Å². The van der Waals surface area contributed by atoms with Crippen molar-refractivity contribution in [2.45, 2.75) is 12.8 Å². The predicted octanol–water partition coefficient (Wildman–Crippen LogP) is 3.68. The molecule has 0 aliphatic heterocycles. The molecule has 1 N–H and O–H groups in total. The molecule has 2 aromatic rings. The van der Waals surface area contributed by atoms with Crippen molar-refractivity contribution in [1.29, 1.82) is 0 Å². The van der Waals surface area contributed by atoms with Crippen LogP contribution in [0.25, 0.3) is 9.88 Å². The monoisotopic (exact) mass is 272 g/mol. The molecular formula is C11H13ClN2S2. The average Bonchev–Trinajstić information content (AvgIpc) is 2.87. The summed E-state index contributed by atoms with van der Waals surface area (Å²) >= 11 is 9.18. The zero-order valence-electron chi connectivity index (χ0n) is 9.00. The Morgan fingerprint density at radius 3 is 3.00 bits per heavy atom. The van der Waals surface area contributed by atoms with Crippen LogP contribution in [0.15, 0.2) is 17.5 Å². The van der Waals surface area contributed by atoms with Crippen LogP contribution in [-0.4, -0.2) is 18.6 Å². The first-order chi connectivity index (χ1) is 7.79. The molecule has 2 heterocycles. The smallest absolute Gasteiger partial charge is 0.133 e. The maximum absolute atomic E-state index is 5.91. The first-order valence-electron chi connectivity index (χ1n) is 5.14. The number of hydrogen-bond donors (Lipinski definition) is 1. The average molecular weight is 273 g/mol. The third-order valence-electron chi connectivity index (χ3n) is 2.20. The number of thiazole rings is 1. The molecule has 16 heavy (non-hydrogen) atoms. The van der Waals surface area contributed by atoms with Crippen LogP contribution < -0.4 is 5.32 Å². The van der Waals surface area contributed by atoms with Crippen molar-refractivity contribution in [3.05, 3.63) is 27.5 Å². The summed E-state index contributed by atoms with van der Waals surface area (Å²) in [5.41, 5.74) is 1.18. The molecule has 0 aliphatic rings. The van der Waals surface area contributed by atoms with E-state index in [4.69, 9.17) is 11.6 Å². The summed E-state index contributed by atoms with van der Waals surface area (Å²) in [6.45, 7) is 1.04. The minimum absolute atomic E-state index is 0.821. The van der Waals surface area contributed by atoms with E-state index in [1.54, 1.807) is 22.7 Å². The van der Waals surface area contributed by atoms with Crippen molar-refractivity contribution in [2.24, 2.45) is 0 Å². The fourth-order valence-electron chi connectivity index (χ4n) is 1.41. The summed E-state index contributed by atoms with van der Waals surface area (Å²) in [5, 5.41) is 6.36. The highest BCUT2D eigenvalue weighted by molar-refractivity contribution is 7.23. The molecule has 0 spiro atoms. The summed E-state index contributed by atoms with van der Waals surface area (Å²) in [4.78, 5) is 5.77. The maximum atomic E-state index is 5.91. The number of rotatable bonds is 5. The van der Waals surface area contributed by atoms with Crippen molar-refractivity contribution in [3.63, 3.8) is 0 Å². The lowest BCUT2D eigenvalue weighted by molar-refractivity contribution is 0.718. The number of nitrogens with zero attached hydrogens (tertiary/aromatic N) is 1. The van der Waals surface area contributed by atoms with Gasteiger partial charge in [0.05, 0.1) is 14.9 Å². The maximum Gasteiger partial charge on any atom is 0.133 e. The van der Waals surface area contributed by atoms with Gasteiger partial charge in [-0.05, 0) is 38.6 Å². The van der Waals surface area contributed by atoms with Crippen LogP contribution >= 0.6 is 34.3 Å². The van der Waals surface area contributed by atoms with Gasteiger partial charge in [0.1, 0.15) is 5.01 Å². The minimum Gasteiger partial charge on any atom is -0.320 e. The topological polar surface area (TPSA) is 24.9 Å². The second-order valence-electron chi connectivity index (χ2n) is 3.45. The van der Waals surface area contributed by atoms with Gasteiger partial charge in [-0.3, -0.25) is 0 Å². The summed E-state index contributed by atoms with van der Waals surface area (Å²) in [6, 6.07) is 3.95.